The Morgan fingerprint density at radius 2 is 1.86 bits per heavy atom. The van der Waals surface area contributed by atoms with Crippen molar-refractivity contribution in [3.63, 3.8) is 0 Å². The van der Waals surface area contributed by atoms with Gasteiger partial charge in [0.25, 0.3) is 0 Å². The fourth-order valence-electron chi connectivity index (χ4n) is 3.39. The van der Waals surface area contributed by atoms with Gasteiger partial charge in [0.1, 0.15) is 0 Å². The molecule has 4 nitrogen and oxygen atoms in total. The fourth-order valence-corrected chi connectivity index (χ4v) is 3.39. The summed E-state index contributed by atoms with van der Waals surface area (Å²) in [6.45, 7) is 6.00. The number of nitrogens with zero attached hydrogens (tertiary/aromatic N) is 1. The zero-order chi connectivity index (χ0) is 15.5. The number of hydrogen-bond donors (Lipinski definition) is 0. The average Bonchev–Trinajstić information content (AvgIpc) is 2.93. The van der Waals surface area contributed by atoms with Crippen molar-refractivity contribution in [2.75, 3.05) is 13.3 Å². The van der Waals surface area contributed by atoms with E-state index in [1.807, 2.05) is 4.90 Å². The summed E-state index contributed by atoms with van der Waals surface area (Å²) in [5, 5.41) is 0. The molecule has 0 aromatic heterocycles. The van der Waals surface area contributed by atoms with Gasteiger partial charge in [-0.2, -0.15) is 0 Å². The zero-order valence-electron chi connectivity index (χ0n) is 13.6. The van der Waals surface area contributed by atoms with Gasteiger partial charge in [0.15, 0.2) is 11.5 Å². The lowest BCUT2D eigenvalue weighted by Gasteiger charge is -2.23. The topological polar surface area (TPSA) is 38.8 Å². The molecule has 0 radical (unpaired) electrons. The molecule has 22 heavy (non-hydrogen) atoms. The number of carbonyl (C=O) groups excluding carboxylic acids is 1. The summed E-state index contributed by atoms with van der Waals surface area (Å²) >= 11 is 0. The van der Waals surface area contributed by atoms with Crippen LogP contribution in [0.1, 0.15) is 50.7 Å². The van der Waals surface area contributed by atoms with Crippen LogP contribution in [-0.4, -0.2) is 24.1 Å². The third kappa shape index (κ3) is 2.92. The van der Waals surface area contributed by atoms with E-state index in [9.17, 15) is 4.79 Å². The second kappa shape index (κ2) is 6.59. The van der Waals surface area contributed by atoms with Crippen molar-refractivity contribution in [3.05, 3.63) is 23.3 Å². The fraction of sp³-hybridized carbons (Fsp3) is 0.611. The van der Waals surface area contributed by atoms with Crippen LogP contribution in [0.15, 0.2) is 12.1 Å². The van der Waals surface area contributed by atoms with Gasteiger partial charge in [-0.05, 0) is 43.0 Å². The first kappa shape index (κ1) is 15.2. The molecule has 120 valence electrons. The van der Waals surface area contributed by atoms with E-state index in [1.54, 1.807) is 0 Å². The third-order valence-corrected chi connectivity index (χ3v) is 4.72. The predicted octanol–water partition coefficient (Wildman–Crippen LogP) is 3.52. The van der Waals surface area contributed by atoms with Gasteiger partial charge >= 0.3 is 0 Å². The van der Waals surface area contributed by atoms with Crippen molar-refractivity contribution in [1.29, 1.82) is 0 Å². The summed E-state index contributed by atoms with van der Waals surface area (Å²) < 4.78 is 11.0. The molecule has 2 aliphatic heterocycles. The molecule has 0 saturated carbocycles. The van der Waals surface area contributed by atoms with Gasteiger partial charge in [0, 0.05) is 19.0 Å². The molecule has 0 fully saturated rings. The summed E-state index contributed by atoms with van der Waals surface area (Å²) in [6.07, 6.45) is 5.32. The maximum atomic E-state index is 12.8. The highest BCUT2D eigenvalue weighted by Crippen LogP contribution is 2.38. The van der Waals surface area contributed by atoms with Crippen LogP contribution in [0, 0.1) is 5.92 Å². The maximum Gasteiger partial charge on any atom is 0.231 e. The molecule has 0 saturated heterocycles. The minimum Gasteiger partial charge on any atom is -0.454 e. The standard InChI is InChI=1S/C18H25NO3/c1-3-5-6-7-13-8-14-9-16-17(22-12-21-16)10-15(14)11-19(4-2)18(13)20/h9-10,13H,3-8,11-12H2,1-2H3. The lowest BCUT2D eigenvalue weighted by atomic mass is 9.92. The highest BCUT2D eigenvalue weighted by atomic mass is 16.7. The van der Waals surface area contributed by atoms with Gasteiger partial charge in [-0.25, -0.2) is 0 Å². The van der Waals surface area contributed by atoms with E-state index in [2.05, 4.69) is 26.0 Å². The first-order valence-corrected chi connectivity index (χ1v) is 8.43. The van der Waals surface area contributed by atoms with Crippen molar-refractivity contribution in [3.8, 4) is 11.5 Å². The Labute approximate surface area is 132 Å². The molecule has 0 spiro atoms. The molecule has 1 amide bonds. The lowest BCUT2D eigenvalue weighted by molar-refractivity contribution is -0.135. The molecule has 0 bridgehead atoms. The largest absolute Gasteiger partial charge is 0.454 e. The van der Waals surface area contributed by atoms with Crippen LogP contribution < -0.4 is 9.47 Å². The SMILES string of the molecule is CCCCCC1Cc2cc3c(cc2CN(CC)C1=O)OCO3. The van der Waals surface area contributed by atoms with E-state index in [0.717, 1.165) is 37.3 Å². The van der Waals surface area contributed by atoms with Crippen molar-refractivity contribution < 1.29 is 14.3 Å². The molecule has 1 aromatic carbocycles. The van der Waals surface area contributed by atoms with E-state index in [1.165, 1.54) is 24.0 Å². The predicted molar refractivity (Wildman–Crippen MR) is 85.0 cm³/mol. The normalized spacial score (nSPS) is 20.0. The Hall–Kier alpha value is -1.71. The average molecular weight is 303 g/mol. The summed E-state index contributed by atoms with van der Waals surface area (Å²) in [6, 6.07) is 4.14. The van der Waals surface area contributed by atoms with Crippen molar-refractivity contribution in [1.82, 2.24) is 4.90 Å². The number of benzene rings is 1. The maximum absolute atomic E-state index is 12.8. The Bertz CT molecular complexity index is 556. The van der Waals surface area contributed by atoms with Crippen molar-refractivity contribution in [2.45, 2.75) is 52.5 Å². The number of fused-ring (bicyclic) bond motifs is 2. The van der Waals surface area contributed by atoms with Gasteiger partial charge < -0.3 is 14.4 Å². The Kier molecular flexibility index (Phi) is 4.55. The highest BCUT2D eigenvalue weighted by Gasteiger charge is 2.30. The van der Waals surface area contributed by atoms with Crippen LogP contribution in [-0.2, 0) is 17.8 Å². The van der Waals surface area contributed by atoms with E-state index < -0.39 is 0 Å². The Morgan fingerprint density at radius 1 is 1.14 bits per heavy atom. The van der Waals surface area contributed by atoms with Crippen molar-refractivity contribution in [2.24, 2.45) is 5.92 Å². The van der Waals surface area contributed by atoms with Gasteiger partial charge in [-0.15, -0.1) is 0 Å². The quantitative estimate of drug-likeness (QED) is 0.781. The highest BCUT2D eigenvalue weighted by molar-refractivity contribution is 5.80. The van der Waals surface area contributed by atoms with Crippen LogP contribution in [0.4, 0.5) is 0 Å². The molecule has 0 N–H and O–H groups in total. The minimum absolute atomic E-state index is 0.105. The number of amides is 1. The van der Waals surface area contributed by atoms with E-state index in [4.69, 9.17) is 9.47 Å². The molecule has 2 heterocycles. The van der Waals surface area contributed by atoms with E-state index >= 15 is 0 Å². The third-order valence-electron chi connectivity index (χ3n) is 4.72. The summed E-state index contributed by atoms with van der Waals surface area (Å²) in [7, 11) is 0. The second-order valence-electron chi connectivity index (χ2n) is 6.22. The van der Waals surface area contributed by atoms with Gasteiger partial charge in [-0.3, -0.25) is 4.79 Å². The van der Waals surface area contributed by atoms with E-state index in [-0.39, 0.29) is 5.92 Å². The minimum atomic E-state index is 0.105. The molecule has 1 aromatic rings. The molecular weight excluding hydrogens is 278 g/mol. The van der Waals surface area contributed by atoms with Crippen LogP contribution in [0.3, 0.4) is 0 Å². The number of unbranched alkanes of at least 4 members (excludes halogenated alkanes) is 2. The van der Waals surface area contributed by atoms with Crippen LogP contribution in [0.5, 0.6) is 11.5 Å². The number of hydrogen-bond acceptors (Lipinski definition) is 3. The second-order valence-corrected chi connectivity index (χ2v) is 6.22. The first-order valence-electron chi connectivity index (χ1n) is 8.43. The number of rotatable bonds is 5. The van der Waals surface area contributed by atoms with Crippen LogP contribution in [0.2, 0.25) is 0 Å². The Morgan fingerprint density at radius 3 is 2.55 bits per heavy atom. The smallest absolute Gasteiger partial charge is 0.231 e. The molecule has 0 aliphatic carbocycles. The Balaban J connectivity index is 1.86. The summed E-state index contributed by atoms with van der Waals surface area (Å²) in [5.41, 5.74) is 2.45. The zero-order valence-corrected chi connectivity index (χ0v) is 13.6. The van der Waals surface area contributed by atoms with Crippen LogP contribution >= 0.6 is 0 Å². The van der Waals surface area contributed by atoms with Crippen molar-refractivity contribution >= 4 is 5.91 Å². The lowest BCUT2D eigenvalue weighted by Crippen LogP contribution is -2.34. The number of carbonyl (C=O) groups is 1. The molecular formula is C18H25NO3. The molecule has 3 rings (SSSR count). The summed E-state index contributed by atoms with van der Waals surface area (Å²) in [4.78, 5) is 14.7. The monoisotopic (exact) mass is 303 g/mol. The molecule has 2 aliphatic rings. The number of ether oxygens (including phenoxy) is 2. The molecule has 4 heteroatoms. The molecule has 1 unspecified atom stereocenters. The molecule has 1 atom stereocenters. The summed E-state index contributed by atoms with van der Waals surface area (Å²) in [5.74, 6) is 2.04. The van der Waals surface area contributed by atoms with Gasteiger partial charge in [0.2, 0.25) is 12.7 Å². The van der Waals surface area contributed by atoms with E-state index in [0.29, 0.717) is 19.2 Å². The van der Waals surface area contributed by atoms with Gasteiger partial charge in [-0.1, -0.05) is 26.2 Å². The first-order chi connectivity index (χ1) is 10.7. The van der Waals surface area contributed by atoms with Gasteiger partial charge in [0.05, 0.1) is 0 Å². The van der Waals surface area contributed by atoms with Crippen LogP contribution in [0.25, 0.3) is 0 Å².